The summed E-state index contributed by atoms with van der Waals surface area (Å²) in [4.78, 5) is 25.2. The quantitative estimate of drug-likeness (QED) is 0.858. The van der Waals surface area contributed by atoms with E-state index < -0.39 is 0 Å². The molecule has 1 aliphatic rings. The number of likely N-dealkylation sites (tertiary alicyclic amines) is 1. The number of carbonyl (C=O) groups is 1. The summed E-state index contributed by atoms with van der Waals surface area (Å²) in [7, 11) is 0. The van der Waals surface area contributed by atoms with Gasteiger partial charge in [-0.25, -0.2) is 9.97 Å². The standard InChI is InChI=1S/C20H27N5O/c1-3-24(4-2)17-10-8-16(9-11-17)23-19-15-21-18(14-22-19)20(26)25-12-6-5-7-13-25/h8-11,14-15H,3-7,12-13H2,1-2H3,(H,22,23). The van der Waals surface area contributed by atoms with Crippen molar-refractivity contribution in [2.24, 2.45) is 0 Å². The Balaban J connectivity index is 1.63. The van der Waals surface area contributed by atoms with Crippen molar-refractivity contribution in [2.75, 3.05) is 36.4 Å². The molecule has 1 aromatic heterocycles. The third kappa shape index (κ3) is 4.31. The van der Waals surface area contributed by atoms with E-state index in [-0.39, 0.29) is 5.91 Å². The molecule has 0 aliphatic carbocycles. The summed E-state index contributed by atoms with van der Waals surface area (Å²) >= 11 is 0. The fourth-order valence-corrected chi connectivity index (χ4v) is 3.25. The maximum atomic E-state index is 12.4. The second-order valence-corrected chi connectivity index (χ2v) is 6.48. The molecular weight excluding hydrogens is 326 g/mol. The van der Waals surface area contributed by atoms with Crippen molar-refractivity contribution in [1.29, 1.82) is 0 Å². The van der Waals surface area contributed by atoms with E-state index in [9.17, 15) is 4.79 Å². The van der Waals surface area contributed by atoms with Gasteiger partial charge in [-0.1, -0.05) is 0 Å². The smallest absolute Gasteiger partial charge is 0.274 e. The lowest BCUT2D eigenvalue weighted by atomic mass is 10.1. The molecule has 1 aliphatic heterocycles. The predicted octanol–water partition coefficient (Wildman–Crippen LogP) is 3.69. The van der Waals surface area contributed by atoms with Crippen molar-refractivity contribution >= 4 is 23.1 Å². The first kappa shape index (κ1) is 18.2. The normalized spacial score (nSPS) is 14.2. The van der Waals surface area contributed by atoms with Gasteiger partial charge in [-0.15, -0.1) is 0 Å². The minimum atomic E-state index is -0.0210. The number of carbonyl (C=O) groups excluding carboxylic acids is 1. The van der Waals surface area contributed by atoms with E-state index in [1.54, 1.807) is 12.4 Å². The molecule has 0 radical (unpaired) electrons. The lowest BCUT2D eigenvalue weighted by Crippen LogP contribution is -2.36. The number of hydrogen-bond donors (Lipinski definition) is 1. The number of piperidine rings is 1. The summed E-state index contributed by atoms with van der Waals surface area (Å²) in [5, 5.41) is 3.23. The van der Waals surface area contributed by atoms with Gasteiger partial charge < -0.3 is 15.1 Å². The summed E-state index contributed by atoms with van der Waals surface area (Å²) in [5.74, 6) is 0.614. The molecule has 1 saturated heterocycles. The van der Waals surface area contributed by atoms with Crippen LogP contribution in [0.3, 0.4) is 0 Å². The highest BCUT2D eigenvalue weighted by molar-refractivity contribution is 5.92. The Morgan fingerprint density at radius 1 is 1.04 bits per heavy atom. The first-order valence-corrected chi connectivity index (χ1v) is 9.44. The molecule has 1 N–H and O–H groups in total. The van der Waals surface area contributed by atoms with Gasteiger partial charge in [0.15, 0.2) is 0 Å². The largest absolute Gasteiger partial charge is 0.372 e. The number of rotatable bonds is 6. The summed E-state index contributed by atoms with van der Waals surface area (Å²) in [6.07, 6.45) is 6.52. The molecule has 0 atom stereocenters. The molecule has 2 heterocycles. The van der Waals surface area contributed by atoms with Gasteiger partial charge in [0.05, 0.1) is 12.4 Å². The molecule has 6 heteroatoms. The summed E-state index contributed by atoms with van der Waals surface area (Å²) in [6.45, 7) is 7.91. The first-order valence-electron chi connectivity index (χ1n) is 9.44. The minimum absolute atomic E-state index is 0.0210. The van der Waals surface area contributed by atoms with E-state index >= 15 is 0 Å². The third-order valence-electron chi connectivity index (χ3n) is 4.78. The van der Waals surface area contributed by atoms with Crippen LogP contribution in [0.5, 0.6) is 0 Å². The number of amides is 1. The first-order chi connectivity index (χ1) is 12.7. The van der Waals surface area contributed by atoms with Gasteiger partial charge in [0.2, 0.25) is 0 Å². The van der Waals surface area contributed by atoms with Crippen LogP contribution in [-0.4, -0.2) is 47.0 Å². The zero-order valence-electron chi connectivity index (χ0n) is 15.6. The molecule has 3 rings (SSSR count). The second-order valence-electron chi connectivity index (χ2n) is 6.48. The molecule has 2 aromatic rings. The third-order valence-corrected chi connectivity index (χ3v) is 4.78. The van der Waals surface area contributed by atoms with E-state index in [0.717, 1.165) is 44.7 Å². The van der Waals surface area contributed by atoms with Gasteiger partial charge in [-0.2, -0.15) is 0 Å². The van der Waals surface area contributed by atoms with Crippen molar-refractivity contribution in [3.05, 3.63) is 42.4 Å². The number of aromatic nitrogens is 2. The lowest BCUT2D eigenvalue weighted by Gasteiger charge is -2.26. The molecule has 138 valence electrons. The van der Waals surface area contributed by atoms with Crippen LogP contribution in [0, 0.1) is 0 Å². The van der Waals surface area contributed by atoms with Crippen LogP contribution < -0.4 is 10.2 Å². The molecule has 0 saturated carbocycles. The van der Waals surface area contributed by atoms with E-state index in [2.05, 4.69) is 46.2 Å². The van der Waals surface area contributed by atoms with Crippen LogP contribution in [0.2, 0.25) is 0 Å². The molecule has 0 unspecified atom stereocenters. The van der Waals surface area contributed by atoms with Crippen LogP contribution in [0.15, 0.2) is 36.7 Å². The minimum Gasteiger partial charge on any atom is -0.372 e. The van der Waals surface area contributed by atoms with Gasteiger partial charge in [0.25, 0.3) is 5.91 Å². The zero-order valence-corrected chi connectivity index (χ0v) is 15.6. The number of hydrogen-bond acceptors (Lipinski definition) is 5. The molecule has 1 fully saturated rings. The van der Waals surface area contributed by atoms with Crippen molar-refractivity contribution in [3.63, 3.8) is 0 Å². The van der Waals surface area contributed by atoms with Crippen molar-refractivity contribution in [1.82, 2.24) is 14.9 Å². The molecule has 1 amide bonds. The van der Waals surface area contributed by atoms with Crippen LogP contribution in [0.25, 0.3) is 0 Å². The molecular formula is C20H27N5O. The maximum Gasteiger partial charge on any atom is 0.274 e. The van der Waals surface area contributed by atoms with Crippen molar-refractivity contribution in [3.8, 4) is 0 Å². The Morgan fingerprint density at radius 2 is 1.73 bits per heavy atom. The zero-order chi connectivity index (χ0) is 18.4. The number of nitrogens with zero attached hydrogens (tertiary/aromatic N) is 4. The van der Waals surface area contributed by atoms with Gasteiger partial charge in [0, 0.05) is 37.6 Å². The SMILES string of the molecule is CCN(CC)c1ccc(Nc2cnc(C(=O)N3CCCCC3)cn2)cc1. The van der Waals surface area contributed by atoms with E-state index in [0.29, 0.717) is 11.5 Å². The van der Waals surface area contributed by atoms with Gasteiger partial charge in [-0.3, -0.25) is 4.79 Å². The number of benzene rings is 1. The molecule has 1 aromatic carbocycles. The number of anilines is 3. The summed E-state index contributed by atoms with van der Waals surface area (Å²) < 4.78 is 0. The van der Waals surface area contributed by atoms with Crippen LogP contribution in [0.1, 0.15) is 43.6 Å². The Kier molecular flexibility index (Phi) is 6.04. The average Bonchev–Trinajstić information content (AvgIpc) is 2.71. The van der Waals surface area contributed by atoms with Crippen LogP contribution in [0.4, 0.5) is 17.2 Å². The Hall–Kier alpha value is -2.63. The topological polar surface area (TPSA) is 61.4 Å². The molecule has 0 spiro atoms. The predicted molar refractivity (Wildman–Crippen MR) is 105 cm³/mol. The van der Waals surface area contributed by atoms with Crippen LogP contribution >= 0.6 is 0 Å². The Morgan fingerprint density at radius 3 is 2.31 bits per heavy atom. The second kappa shape index (κ2) is 8.65. The van der Waals surface area contributed by atoms with E-state index in [4.69, 9.17) is 0 Å². The van der Waals surface area contributed by atoms with Crippen molar-refractivity contribution < 1.29 is 4.79 Å². The van der Waals surface area contributed by atoms with Gasteiger partial charge >= 0.3 is 0 Å². The monoisotopic (exact) mass is 353 g/mol. The van der Waals surface area contributed by atoms with Gasteiger partial charge in [0.1, 0.15) is 11.5 Å². The maximum absolute atomic E-state index is 12.4. The molecule has 26 heavy (non-hydrogen) atoms. The van der Waals surface area contributed by atoms with E-state index in [1.807, 2.05) is 17.0 Å². The average molecular weight is 353 g/mol. The summed E-state index contributed by atoms with van der Waals surface area (Å²) in [5.41, 5.74) is 2.56. The number of nitrogens with one attached hydrogen (secondary N) is 1. The highest BCUT2D eigenvalue weighted by atomic mass is 16.2. The van der Waals surface area contributed by atoms with Crippen molar-refractivity contribution in [2.45, 2.75) is 33.1 Å². The molecule has 0 bridgehead atoms. The summed E-state index contributed by atoms with van der Waals surface area (Å²) in [6, 6.07) is 8.25. The van der Waals surface area contributed by atoms with Crippen LogP contribution in [-0.2, 0) is 0 Å². The highest BCUT2D eigenvalue weighted by Gasteiger charge is 2.19. The Bertz CT molecular complexity index is 704. The highest BCUT2D eigenvalue weighted by Crippen LogP contribution is 2.20. The lowest BCUT2D eigenvalue weighted by molar-refractivity contribution is 0.0718. The fourth-order valence-electron chi connectivity index (χ4n) is 3.25. The fraction of sp³-hybridized carbons (Fsp3) is 0.450. The molecule has 6 nitrogen and oxygen atoms in total. The van der Waals surface area contributed by atoms with Gasteiger partial charge in [-0.05, 0) is 57.4 Å². The van der Waals surface area contributed by atoms with E-state index in [1.165, 1.54) is 12.1 Å². The Labute approximate surface area is 155 Å².